The number of amides is 2. The molecule has 0 aromatic heterocycles. The number of ether oxygens (including phenoxy) is 1. The van der Waals surface area contributed by atoms with E-state index in [0.717, 1.165) is 12.1 Å². The van der Waals surface area contributed by atoms with E-state index in [2.05, 4.69) is 5.32 Å². The number of hydrogen-bond acceptors (Lipinski definition) is 4. The van der Waals surface area contributed by atoms with Gasteiger partial charge in [-0.3, -0.25) is 14.9 Å². The van der Waals surface area contributed by atoms with Crippen molar-refractivity contribution in [2.24, 2.45) is 5.92 Å². The van der Waals surface area contributed by atoms with Crippen LogP contribution in [0.4, 0.5) is 13.2 Å². The number of alkyl halides is 3. The summed E-state index contributed by atoms with van der Waals surface area (Å²) in [5, 5.41) is 3.52. The van der Waals surface area contributed by atoms with Crippen molar-refractivity contribution in [2.45, 2.75) is 57.5 Å². The van der Waals surface area contributed by atoms with Gasteiger partial charge in [0.2, 0.25) is 5.91 Å². The fraction of sp³-hybridized carbons (Fsp3) is 0.481. The fourth-order valence-electron chi connectivity index (χ4n) is 5.18. The minimum atomic E-state index is -4.45. The lowest BCUT2D eigenvalue weighted by Crippen LogP contribution is -2.59. The van der Waals surface area contributed by atoms with E-state index >= 15 is 0 Å². The highest BCUT2D eigenvalue weighted by molar-refractivity contribution is 5.94. The predicted molar refractivity (Wildman–Crippen MR) is 129 cm³/mol. The zero-order valence-corrected chi connectivity index (χ0v) is 20.8. The van der Waals surface area contributed by atoms with Crippen molar-refractivity contribution in [2.75, 3.05) is 20.2 Å². The van der Waals surface area contributed by atoms with E-state index in [1.165, 1.54) is 6.07 Å². The summed E-state index contributed by atoms with van der Waals surface area (Å²) in [7, 11) is 1.55. The summed E-state index contributed by atoms with van der Waals surface area (Å²) in [6, 6.07) is 11.7. The zero-order chi connectivity index (χ0) is 26.1. The second-order valence-electron chi connectivity index (χ2n) is 10.0. The Labute approximate surface area is 209 Å². The quantitative estimate of drug-likeness (QED) is 0.621. The maximum absolute atomic E-state index is 13.5. The molecule has 0 radical (unpaired) electrons. The summed E-state index contributed by atoms with van der Waals surface area (Å²) < 4.78 is 45.1. The van der Waals surface area contributed by atoms with Crippen molar-refractivity contribution in [3.63, 3.8) is 0 Å². The largest absolute Gasteiger partial charge is 0.497 e. The minimum absolute atomic E-state index is 0.0776. The molecule has 2 aromatic carbocycles. The number of likely N-dealkylation sites (tertiary alicyclic amines) is 1. The molecule has 0 aliphatic carbocycles. The van der Waals surface area contributed by atoms with Crippen molar-refractivity contribution in [1.29, 1.82) is 0 Å². The Balaban J connectivity index is 1.55. The number of rotatable bonds is 6. The van der Waals surface area contributed by atoms with Crippen molar-refractivity contribution < 1.29 is 27.5 Å². The van der Waals surface area contributed by atoms with Crippen LogP contribution in [0.1, 0.15) is 54.6 Å². The molecule has 2 heterocycles. The molecule has 4 rings (SSSR count). The summed E-state index contributed by atoms with van der Waals surface area (Å²) in [5.41, 5.74) is -0.486. The minimum Gasteiger partial charge on any atom is -0.497 e. The monoisotopic (exact) mass is 503 g/mol. The van der Waals surface area contributed by atoms with Gasteiger partial charge < -0.3 is 14.5 Å². The normalized spacial score (nSPS) is 19.9. The van der Waals surface area contributed by atoms with Crippen LogP contribution >= 0.6 is 0 Å². The van der Waals surface area contributed by atoms with Crippen molar-refractivity contribution in [3.05, 3.63) is 65.2 Å². The molecule has 1 spiro atoms. The molecular weight excluding hydrogens is 471 g/mol. The van der Waals surface area contributed by atoms with Gasteiger partial charge in [0.25, 0.3) is 5.91 Å². The molecule has 2 fully saturated rings. The first-order chi connectivity index (χ1) is 17.0. The van der Waals surface area contributed by atoms with E-state index in [4.69, 9.17) is 4.74 Å². The Bertz CT molecular complexity index is 1110. The van der Waals surface area contributed by atoms with Gasteiger partial charge in [-0.1, -0.05) is 32.0 Å². The Hall–Kier alpha value is -3.07. The maximum Gasteiger partial charge on any atom is 0.416 e. The highest BCUT2D eigenvalue weighted by atomic mass is 19.4. The maximum atomic E-state index is 13.5. The third-order valence-corrected chi connectivity index (χ3v) is 7.02. The number of piperidine rings is 1. The SMILES string of the molecule is COc1cccc(C(=O)N2CCC3(CC2)N[C@H](CC(C)C)C(=O)N3Cc2cccc(C(F)(F)F)c2)c1. The first-order valence-electron chi connectivity index (χ1n) is 12.2. The van der Waals surface area contributed by atoms with Gasteiger partial charge in [-0.2, -0.15) is 13.2 Å². The molecule has 0 bridgehead atoms. The third-order valence-electron chi connectivity index (χ3n) is 7.02. The molecule has 2 aliphatic rings. The van der Waals surface area contributed by atoms with Crippen LogP contribution in [0.3, 0.4) is 0 Å². The molecule has 2 amide bonds. The van der Waals surface area contributed by atoms with E-state index in [1.807, 2.05) is 13.8 Å². The van der Waals surface area contributed by atoms with Crippen LogP contribution in [0.5, 0.6) is 5.75 Å². The summed E-state index contributed by atoms with van der Waals surface area (Å²) in [5.74, 6) is 0.651. The molecule has 36 heavy (non-hydrogen) atoms. The molecule has 2 aromatic rings. The van der Waals surface area contributed by atoms with Gasteiger partial charge in [0.05, 0.1) is 24.4 Å². The van der Waals surface area contributed by atoms with Crippen LogP contribution in [0.25, 0.3) is 0 Å². The molecule has 0 unspecified atom stereocenters. The van der Waals surface area contributed by atoms with Crippen LogP contribution in [0.15, 0.2) is 48.5 Å². The predicted octanol–water partition coefficient (Wildman–Crippen LogP) is 4.69. The highest BCUT2D eigenvalue weighted by Gasteiger charge is 2.51. The number of nitrogens with one attached hydrogen (secondary N) is 1. The van der Waals surface area contributed by atoms with Gasteiger partial charge >= 0.3 is 6.18 Å². The second kappa shape index (κ2) is 10.1. The second-order valence-corrected chi connectivity index (χ2v) is 10.0. The number of benzene rings is 2. The smallest absolute Gasteiger partial charge is 0.416 e. The van der Waals surface area contributed by atoms with Crippen molar-refractivity contribution >= 4 is 11.8 Å². The van der Waals surface area contributed by atoms with E-state index in [1.54, 1.807) is 47.2 Å². The fourth-order valence-corrected chi connectivity index (χ4v) is 5.18. The van der Waals surface area contributed by atoms with Crippen LogP contribution in [0.2, 0.25) is 0 Å². The first kappa shape index (κ1) is 26.0. The molecule has 1 N–H and O–H groups in total. The molecule has 6 nitrogen and oxygen atoms in total. The van der Waals surface area contributed by atoms with Gasteiger partial charge in [-0.05, 0) is 48.2 Å². The Morgan fingerprint density at radius 3 is 2.47 bits per heavy atom. The Morgan fingerprint density at radius 1 is 1.14 bits per heavy atom. The number of hydrogen-bond donors (Lipinski definition) is 1. The number of methoxy groups -OCH3 is 1. The van der Waals surface area contributed by atoms with Crippen LogP contribution in [-0.2, 0) is 17.5 Å². The summed E-state index contributed by atoms with van der Waals surface area (Å²) in [6.45, 7) is 4.99. The van der Waals surface area contributed by atoms with Crippen molar-refractivity contribution in [3.8, 4) is 5.75 Å². The average Bonchev–Trinajstić information content (AvgIpc) is 3.08. The molecule has 2 aliphatic heterocycles. The van der Waals surface area contributed by atoms with Crippen LogP contribution < -0.4 is 10.1 Å². The van der Waals surface area contributed by atoms with Gasteiger partial charge in [-0.15, -0.1) is 0 Å². The standard InChI is InChI=1S/C27H32F3N3O3/c1-18(2)14-23-25(35)33(17-19-6-4-8-21(15-19)27(28,29)30)26(31-23)10-12-32(13-11-26)24(34)20-7-5-9-22(16-20)36-3/h4-9,15-16,18,23,31H,10-14,17H2,1-3H3/t23-/m1/s1. The van der Waals surface area contributed by atoms with Gasteiger partial charge in [-0.25, -0.2) is 0 Å². The molecule has 2 saturated heterocycles. The van der Waals surface area contributed by atoms with E-state index in [9.17, 15) is 22.8 Å². The molecule has 194 valence electrons. The lowest BCUT2D eigenvalue weighted by Gasteiger charge is -2.44. The Kier molecular flexibility index (Phi) is 7.31. The topological polar surface area (TPSA) is 61.9 Å². The van der Waals surface area contributed by atoms with Gasteiger partial charge in [0, 0.05) is 38.0 Å². The summed E-state index contributed by atoms with van der Waals surface area (Å²) in [4.78, 5) is 30.0. The summed E-state index contributed by atoms with van der Waals surface area (Å²) in [6.07, 6.45) is -2.84. The van der Waals surface area contributed by atoms with Crippen LogP contribution in [-0.4, -0.2) is 53.5 Å². The third kappa shape index (κ3) is 5.36. The molecular formula is C27H32F3N3O3. The van der Waals surface area contributed by atoms with Crippen molar-refractivity contribution in [1.82, 2.24) is 15.1 Å². The zero-order valence-electron chi connectivity index (χ0n) is 20.8. The van der Waals surface area contributed by atoms with E-state index in [0.29, 0.717) is 49.2 Å². The Morgan fingerprint density at radius 2 is 1.83 bits per heavy atom. The number of nitrogens with zero attached hydrogens (tertiary/aromatic N) is 2. The first-order valence-corrected chi connectivity index (χ1v) is 12.2. The van der Waals surface area contributed by atoms with Gasteiger partial charge in [0.15, 0.2) is 0 Å². The van der Waals surface area contributed by atoms with Gasteiger partial charge in [0.1, 0.15) is 5.75 Å². The lowest BCUT2D eigenvalue weighted by atomic mass is 9.94. The van der Waals surface area contributed by atoms with Crippen LogP contribution in [0, 0.1) is 5.92 Å². The number of carbonyl (C=O) groups is 2. The lowest BCUT2D eigenvalue weighted by molar-refractivity contribution is -0.137. The molecule has 1 atom stereocenters. The van der Waals surface area contributed by atoms with E-state index in [-0.39, 0.29) is 24.3 Å². The number of halogens is 3. The highest BCUT2D eigenvalue weighted by Crippen LogP contribution is 2.37. The number of carbonyl (C=O) groups excluding carboxylic acids is 2. The molecule has 9 heteroatoms. The molecule has 0 saturated carbocycles. The summed E-state index contributed by atoms with van der Waals surface area (Å²) >= 11 is 0. The van der Waals surface area contributed by atoms with E-state index < -0.39 is 23.4 Å². The average molecular weight is 504 g/mol.